The van der Waals surface area contributed by atoms with Crippen molar-refractivity contribution in [2.45, 2.75) is 31.3 Å². The van der Waals surface area contributed by atoms with Gasteiger partial charge in [0.1, 0.15) is 0 Å². The van der Waals surface area contributed by atoms with Crippen LogP contribution < -0.4 is 10.6 Å². The van der Waals surface area contributed by atoms with Gasteiger partial charge in [0.15, 0.2) is 0 Å². The number of amides is 2. The van der Waals surface area contributed by atoms with E-state index in [0.717, 1.165) is 18.4 Å². The number of nitrogens with one attached hydrogen (secondary N) is 2. The number of rotatable bonds is 4. The molecule has 1 fully saturated rings. The monoisotopic (exact) mass is 234 g/mol. The zero-order valence-corrected chi connectivity index (χ0v) is 9.73. The Balaban J connectivity index is 1.88. The maximum atomic E-state index is 11.7. The fourth-order valence-corrected chi connectivity index (χ4v) is 1.86. The minimum atomic E-state index is -0.337. The third-order valence-corrected chi connectivity index (χ3v) is 3.13. The number of urea groups is 1. The van der Waals surface area contributed by atoms with Crippen LogP contribution in [-0.4, -0.2) is 23.8 Å². The number of hydrogen-bond acceptors (Lipinski definition) is 2. The first-order chi connectivity index (χ1) is 8.29. The van der Waals surface area contributed by atoms with Crippen LogP contribution in [0.4, 0.5) is 4.79 Å². The summed E-state index contributed by atoms with van der Waals surface area (Å²) in [6, 6.07) is 9.26. The van der Waals surface area contributed by atoms with Crippen molar-refractivity contribution >= 4 is 6.03 Å². The molecule has 1 aromatic carbocycles. The molecule has 4 nitrogen and oxygen atoms in total. The topological polar surface area (TPSA) is 61.4 Å². The summed E-state index contributed by atoms with van der Waals surface area (Å²) in [7, 11) is 0. The summed E-state index contributed by atoms with van der Waals surface area (Å²) in [5.41, 5.74) is 0.916. The summed E-state index contributed by atoms with van der Waals surface area (Å²) in [6.07, 6.45) is 3.30. The lowest BCUT2D eigenvalue weighted by Crippen LogP contribution is -2.46. The Morgan fingerprint density at radius 2 is 2.06 bits per heavy atom. The van der Waals surface area contributed by atoms with E-state index in [9.17, 15) is 9.90 Å². The van der Waals surface area contributed by atoms with E-state index in [1.807, 2.05) is 30.3 Å². The highest BCUT2D eigenvalue weighted by molar-refractivity contribution is 5.74. The first kappa shape index (κ1) is 11.9. The average molecular weight is 234 g/mol. The summed E-state index contributed by atoms with van der Waals surface area (Å²) in [5, 5.41) is 15.0. The van der Waals surface area contributed by atoms with Crippen LogP contribution in [0.5, 0.6) is 0 Å². The van der Waals surface area contributed by atoms with E-state index >= 15 is 0 Å². The molecule has 1 aromatic rings. The van der Waals surface area contributed by atoms with Crippen molar-refractivity contribution in [2.75, 3.05) is 6.61 Å². The number of hydrogen-bond donors (Lipinski definition) is 3. The van der Waals surface area contributed by atoms with Crippen LogP contribution in [0.2, 0.25) is 0 Å². The van der Waals surface area contributed by atoms with Crippen LogP contribution >= 0.6 is 0 Å². The minimum absolute atomic E-state index is 0.0951. The SMILES string of the molecule is O=C(NC1CCC1)N[C@H](CO)c1ccccc1. The van der Waals surface area contributed by atoms with Gasteiger partial charge in [-0.05, 0) is 24.8 Å². The van der Waals surface area contributed by atoms with Gasteiger partial charge in [-0.25, -0.2) is 4.79 Å². The molecule has 0 spiro atoms. The summed E-state index contributed by atoms with van der Waals surface area (Å²) in [4.78, 5) is 11.7. The summed E-state index contributed by atoms with van der Waals surface area (Å²) in [5.74, 6) is 0. The summed E-state index contributed by atoms with van der Waals surface area (Å²) < 4.78 is 0. The molecule has 4 heteroatoms. The molecule has 1 aliphatic carbocycles. The molecule has 0 saturated heterocycles. The molecule has 0 bridgehead atoms. The van der Waals surface area contributed by atoms with E-state index in [4.69, 9.17) is 0 Å². The fraction of sp³-hybridized carbons (Fsp3) is 0.462. The maximum Gasteiger partial charge on any atom is 0.315 e. The second-order valence-electron chi connectivity index (χ2n) is 4.39. The van der Waals surface area contributed by atoms with Gasteiger partial charge in [0.25, 0.3) is 0 Å². The largest absolute Gasteiger partial charge is 0.394 e. The van der Waals surface area contributed by atoms with Crippen molar-refractivity contribution < 1.29 is 9.90 Å². The molecule has 3 N–H and O–H groups in total. The third-order valence-electron chi connectivity index (χ3n) is 3.13. The second kappa shape index (κ2) is 5.68. The van der Waals surface area contributed by atoms with Gasteiger partial charge < -0.3 is 15.7 Å². The molecule has 2 rings (SSSR count). The lowest BCUT2D eigenvalue weighted by molar-refractivity contribution is 0.208. The molecule has 1 aliphatic rings. The van der Waals surface area contributed by atoms with Gasteiger partial charge in [0, 0.05) is 6.04 Å². The smallest absolute Gasteiger partial charge is 0.315 e. The van der Waals surface area contributed by atoms with Gasteiger partial charge in [0.2, 0.25) is 0 Å². The van der Waals surface area contributed by atoms with Crippen LogP contribution in [0.1, 0.15) is 30.9 Å². The molecule has 1 atom stereocenters. The predicted octanol–water partition coefficient (Wildman–Crippen LogP) is 1.57. The minimum Gasteiger partial charge on any atom is -0.394 e. The van der Waals surface area contributed by atoms with Crippen LogP contribution in [-0.2, 0) is 0 Å². The first-order valence-corrected chi connectivity index (χ1v) is 6.02. The number of aliphatic hydroxyl groups is 1. The molecule has 0 radical (unpaired) electrons. The third kappa shape index (κ3) is 3.20. The molecular weight excluding hydrogens is 216 g/mol. The molecule has 0 heterocycles. The average Bonchev–Trinajstić information content (AvgIpc) is 2.32. The van der Waals surface area contributed by atoms with Gasteiger partial charge in [-0.15, -0.1) is 0 Å². The van der Waals surface area contributed by atoms with E-state index in [1.54, 1.807) is 0 Å². The van der Waals surface area contributed by atoms with E-state index < -0.39 is 0 Å². The van der Waals surface area contributed by atoms with Crippen molar-refractivity contribution in [3.05, 3.63) is 35.9 Å². The molecule has 0 unspecified atom stereocenters. The fourth-order valence-electron chi connectivity index (χ4n) is 1.86. The highest BCUT2D eigenvalue weighted by atomic mass is 16.3. The van der Waals surface area contributed by atoms with Gasteiger partial charge >= 0.3 is 6.03 Å². The van der Waals surface area contributed by atoms with Crippen molar-refractivity contribution in [1.82, 2.24) is 10.6 Å². The zero-order valence-electron chi connectivity index (χ0n) is 9.73. The molecule has 0 aromatic heterocycles. The maximum absolute atomic E-state index is 11.7. The standard InChI is InChI=1S/C13H18N2O2/c16-9-12(10-5-2-1-3-6-10)15-13(17)14-11-7-4-8-11/h1-3,5-6,11-12,16H,4,7-9H2,(H2,14,15,17)/t12-/m1/s1. The Morgan fingerprint density at radius 3 is 2.59 bits per heavy atom. The molecule has 1 saturated carbocycles. The molecule has 0 aliphatic heterocycles. The van der Waals surface area contributed by atoms with Gasteiger partial charge in [-0.1, -0.05) is 30.3 Å². The van der Waals surface area contributed by atoms with Crippen molar-refractivity contribution in [1.29, 1.82) is 0 Å². The zero-order chi connectivity index (χ0) is 12.1. The highest BCUT2D eigenvalue weighted by Gasteiger charge is 2.21. The summed E-state index contributed by atoms with van der Waals surface area (Å²) >= 11 is 0. The number of aliphatic hydroxyl groups excluding tert-OH is 1. The predicted molar refractivity (Wildman–Crippen MR) is 65.6 cm³/mol. The van der Waals surface area contributed by atoms with Crippen LogP contribution in [0.3, 0.4) is 0 Å². The van der Waals surface area contributed by atoms with E-state index in [0.29, 0.717) is 6.04 Å². The Hall–Kier alpha value is -1.55. The second-order valence-corrected chi connectivity index (χ2v) is 4.39. The Morgan fingerprint density at radius 1 is 1.35 bits per heavy atom. The lowest BCUT2D eigenvalue weighted by atomic mass is 9.93. The number of carbonyl (C=O) groups is 1. The normalized spacial score (nSPS) is 17.0. The quantitative estimate of drug-likeness (QED) is 0.740. The number of benzene rings is 1. The van der Waals surface area contributed by atoms with E-state index in [2.05, 4.69) is 10.6 Å². The van der Waals surface area contributed by atoms with Crippen LogP contribution in [0.15, 0.2) is 30.3 Å². The van der Waals surface area contributed by atoms with Gasteiger partial charge in [0.05, 0.1) is 12.6 Å². The van der Waals surface area contributed by atoms with Crippen molar-refractivity contribution in [2.24, 2.45) is 0 Å². The molecule has 92 valence electrons. The Bertz CT molecular complexity index is 363. The Kier molecular flexibility index (Phi) is 3.98. The van der Waals surface area contributed by atoms with Crippen LogP contribution in [0.25, 0.3) is 0 Å². The van der Waals surface area contributed by atoms with Crippen molar-refractivity contribution in [3.63, 3.8) is 0 Å². The van der Waals surface area contributed by atoms with Gasteiger partial charge in [-0.2, -0.15) is 0 Å². The molecule has 2 amide bonds. The highest BCUT2D eigenvalue weighted by Crippen LogP contribution is 2.18. The molecular formula is C13H18N2O2. The van der Waals surface area contributed by atoms with E-state index in [-0.39, 0.29) is 18.7 Å². The first-order valence-electron chi connectivity index (χ1n) is 6.02. The van der Waals surface area contributed by atoms with E-state index in [1.165, 1.54) is 6.42 Å². The van der Waals surface area contributed by atoms with Gasteiger partial charge in [-0.3, -0.25) is 0 Å². The summed E-state index contributed by atoms with van der Waals surface area (Å²) in [6.45, 7) is -0.0951. The number of carbonyl (C=O) groups excluding carboxylic acids is 1. The molecule has 17 heavy (non-hydrogen) atoms. The Labute approximate surface area is 101 Å². The van der Waals surface area contributed by atoms with Crippen LogP contribution in [0, 0.1) is 0 Å². The van der Waals surface area contributed by atoms with Crippen molar-refractivity contribution in [3.8, 4) is 0 Å². The lowest BCUT2D eigenvalue weighted by Gasteiger charge is -2.27.